The number of halogens is 2. The molecule has 0 saturated heterocycles. The lowest BCUT2D eigenvalue weighted by atomic mass is 10.0. The number of allylic oxidation sites excluding steroid dienone is 3. The van der Waals surface area contributed by atoms with Crippen LogP contribution in [0.1, 0.15) is 12.5 Å². The maximum absolute atomic E-state index is 13.5. The van der Waals surface area contributed by atoms with E-state index in [4.69, 9.17) is 11.6 Å². The predicted molar refractivity (Wildman–Crippen MR) is 75.8 cm³/mol. The first kappa shape index (κ1) is 12.9. The van der Waals surface area contributed by atoms with Crippen LogP contribution in [-0.4, -0.2) is 17.4 Å². The van der Waals surface area contributed by atoms with Crippen LogP contribution in [0.3, 0.4) is 0 Å². The summed E-state index contributed by atoms with van der Waals surface area (Å²) < 4.78 is 13.5. The molecular weight excluding hydrogens is 279 g/mol. The van der Waals surface area contributed by atoms with Gasteiger partial charge in [0.05, 0.1) is 16.4 Å². The van der Waals surface area contributed by atoms with Crippen molar-refractivity contribution in [3.05, 3.63) is 64.2 Å². The van der Waals surface area contributed by atoms with Gasteiger partial charge in [0.2, 0.25) is 0 Å². The van der Waals surface area contributed by atoms with Crippen LogP contribution >= 0.6 is 11.6 Å². The van der Waals surface area contributed by atoms with E-state index in [1.165, 1.54) is 12.1 Å². The molecular formula is C15H12ClFN2O. The van der Waals surface area contributed by atoms with Gasteiger partial charge < -0.3 is 10.2 Å². The summed E-state index contributed by atoms with van der Waals surface area (Å²) in [6, 6.07) is 6.18. The Morgan fingerprint density at radius 3 is 2.95 bits per heavy atom. The molecule has 3 nitrogen and oxygen atoms in total. The predicted octanol–water partition coefficient (Wildman–Crippen LogP) is 2.96. The standard InChI is InChI=1S/C15H12ClFN2O/c1-9-18-7-14-13(16)6-11(8-20)15(19(9)14)10-3-2-4-12(17)5-10/h2-9,18H,1H3. The van der Waals surface area contributed by atoms with Gasteiger partial charge in [0.15, 0.2) is 6.29 Å². The molecule has 3 rings (SSSR count). The molecule has 0 aliphatic carbocycles. The quantitative estimate of drug-likeness (QED) is 0.850. The van der Waals surface area contributed by atoms with Gasteiger partial charge in [-0.3, -0.25) is 4.79 Å². The fraction of sp³-hybridized carbons (Fsp3) is 0.133. The molecule has 102 valence electrons. The van der Waals surface area contributed by atoms with Gasteiger partial charge in [0.1, 0.15) is 12.0 Å². The first-order chi connectivity index (χ1) is 9.61. The van der Waals surface area contributed by atoms with Crippen molar-refractivity contribution in [3.63, 3.8) is 0 Å². The van der Waals surface area contributed by atoms with E-state index in [-0.39, 0.29) is 12.0 Å². The van der Waals surface area contributed by atoms with Crippen molar-refractivity contribution >= 4 is 23.6 Å². The van der Waals surface area contributed by atoms with Gasteiger partial charge in [-0.05, 0) is 25.1 Å². The Morgan fingerprint density at radius 1 is 1.45 bits per heavy atom. The Morgan fingerprint density at radius 2 is 2.25 bits per heavy atom. The second-order valence-corrected chi connectivity index (χ2v) is 5.07. The van der Waals surface area contributed by atoms with E-state index < -0.39 is 0 Å². The smallest absolute Gasteiger partial charge is 0.152 e. The summed E-state index contributed by atoms with van der Waals surface area (Å²) >= 11 is 6.18. The van der Waals surface area contributed by atoms with Gasteiger partial charge in [-0.25, -0.2) is 4.39 Å². The van der Waals surface area contributed by atoms with Gasteiger partial charge >= 0.3 is 0 Å². The van der Waals surface area contributed by atoms with Gasteiger partial charge in [-0.1, -0.05) is 23.7 Å². The lowest BCUT2D eigenvalue weighted by Crippen LogP contribution is -2.35. The summed E-state index contributed by atoms with van der Waals surface area (Å²) in [5, 5.41) is 3.64. The van der Waals surface area contributed by atoms with Crippen molar-refractivity contribution < 1.29 is 9.18 Å². The lowest BCUT2D eigenvalue weighted by Gasteiger charge is -2.33. The molecule has 20 heavy (non-hydrogen) atoms. The topological polar surface area (TPSA) is 32.3 Å². The average Bonchev–Trinajstić information content (AvgIpc) is 2.81. The Balaban J connectivity index is 2.22. The van der Waals surface area contributed by atoms with E-state index in [2.05, 4.69) is 5.32 Å². The molecule has 2 heterocycles. The fourth-order valence-electron chi connectivity index (χ4n) is 2.50. The highest BCUT2D eigenvalue weighted by Crippen LogP contribution is 2.39. The normalized spacial score (nSPS) is 21.1. The van der Waals surface area contributed by atoms with E-state index in [0.29, 0.717) is 21.9 Å². The molecule has 0 saturated carbocycles. The summed E-state index contributed by atoms with van der Waals surface area (Å²) in [6.07, 6.45) is 4.09. The van der Waals surface area contributed by atoms with Crippen molar-refractivity contribution in [2.45, 2.75) is 13.1 Å². The minimum Gasteiger partial charge on any atom is -0.369 e. The number of fused-ring (bicyclic) bond motifs is 1. The number of hydrogen-bond donors (Lipinski definition) is 1. The van der Waals surface area contributed by atoms with Crippen molar-refractivity contribution in [3.8, 4) is 0 Å². The molecule has 2 aliphatic heterocycles. The maximum Gasteiger partial charge on any atom is 0.152 e. The molecule has 0 spiro atoms. The van der Waals surface area contributed by atoms with Crippen LogP contribution in [0.5, 0.6) is 0 Å². The van der Waals surface area contributed by atoms with Crippen LogP contribution in [0.15, 0.2) is 52.8 Å². The van der Waals surface area contributed by atoms with E-state index in [1.807, 2.05) is 11.8 Å². The molecule has 1 aromatic carbocycles. The molecule has 1 aromatic rings. The monoisotopic (exact) mass is 290 g/mol. The number of nitrogens with one attached hydrogen (secondary N) is 1. The Hall–Kier alpha value is -2.07. The number of nitrogens with zero attached hydrogens (tertiary/aromatic N) is 1. The zero-order chi connectivity index (χ0) is 14.3. The summed E-state index contributed by atoms with van der Waals surface area (Å²) in [7, 11) is 0. The average molecular weight is 291 g/mol. The highest BCUT2D eigenvalue weighted by molar-refractivity contribution is 6.33. The first-order valence-electron chi connectivity index (χ1n) is 6.20. The summed E-state index contributed by atoms with van der Waals surface area (Å²) in [5.74, 6) is -0.341. The highest BCUT2D eigenvalue weighted by Gasteiger charge is 2.32. The highest BCUT2D eigenvalue weighted by atomic mass is 35.5. The molecule has 0 fully saturated rings. The molecule has 1 atom stereocenters. The zero-order valence-electron chi connectivity index (χ0n) is 10.7. The number of carbonyl (C=O) groups is 1. The van der Waals surface area contributed by atoms with E-state index in [1.54, 1.807) is 24.4 Å². The van der Waals surface area contributed by atoms with Crippen LogP contribution in [0.4, 0.5) is 4.39 Å². The number of aldehydes is 1. The third-order valence-corrected chi connectivity index (χ3v) is 3.68. The Kier molecular flexibility index (Phi) is 3.10. The molecule has 5 heteroatoms. The molecule has 0 bridgehead atoms. The SMILES string of the molecule is CC1NC=C2C(Cl)=CC(C=O)=C(c3cccc(F)c3)N21. The second kappa shape index (κ2) is 4.80. The van der Waals surface area contributed by atoms with E-state index in [0.717, 1.165) is 12.0 Å². The second-order valence-electron chi connectivity index (χ2n) is 4.67. The summed E-state index contributed by atoms with van der Waals surface area (Å²) in [5.41, 5.74) is 2.53. The molecule has 0 aromatic heterocycles. The van der Waals surface area contributed by atoms with Crippen LogP contribution in [0.2, 0.25) is 0 Å². The largest absolute Gasteiger partial charge is 0.369 e. The Labute approximate surface area is 121 Å². The molecule has 0 amide bonds. The number of carbonyl (C=O) groups excluding carboxylic acids is 1. The van der Waals surface area contributed by atoms with E-state index in [9.17, 15) is 9.18 Å². The Bertz CT molecular complexity index is 678. The molecule has 0 radical (unpaired) electrons. The van der Waals surface area contributed by atoms with Crippen molar-refractivity contribution in [1.29, 1.82) is 0 Å². The number of hydrogen-bond acceptors (Lipinski definition) is 3. The first-order valence-corrected chi connectivity index (χ1v) is 6.58. The van der Waals surface area contributed by atoms with Gasteiger partial charge in [-0.2, -0.15) is 0 Å². The van der Waals surface area contributed by atoms with Crippen molar-refractivity contribution in [2.24, 2.45) is 0 Å². The lowest BCUT2D eigenvalue weighted by molar-refractivity contribution is -0.104. The van der Waals surface area contributed by atoms with E-state index >= 15 is 0 Å². The third-order valence-electron chi connectivity index (χ3n) is 3.37. The number of rotatable bonds is 2. The molecule has 2 aliphatic rings. The van der Waals surface area contributed by atoms with Crippen LogP contribution in [0.25, 0.3) is 5.70 Å². The van der Waals surface area contributed by atoms with Crippen molar-refractivity contribution in [1.82, 2.24) is 10.2 Å². The van der Waals surface area contributed by atoms with Gasteiger partial charge in [0, 0.05) is 17.3 Å². The van der Waals surface area contributed by atoms with Crippen LogP contribution in [-0.2, 0) is 4.79 Å². The maximum atomic E-state index is 13.5. The van der Waals surface area contributed by atoms with Gasteiger partial charge in [-0.15, -0.1) is 0 Å². The summed E-state index contributed by atoms with van der Waals surface area (Å²) in [4.78, 5) is 13.3. The van der Waals surface area contributed by atoms with Gasteiger partial charge in [0.25, 0.3) is 0 Å². The van der Waals surface area contributed by atoms with Crippen molar-refractivity contribution in [2.75, 3.05) is 0 Å². The zero-order valence-corrected chi connectivity index (χ0v) is 11.5. The molecule has 1 unspecified atom stereocenters. The van der Waals surface area contributed by atoms with Crippen LogP contribution in [0, 0.1) is 5.82 Å². The third kappa shape index (κ3) is 1.93. The minimum atomic E-state index is -0.341. The number of benzene rings is 1. The summed E-state index contributed by atoms with van der Waals surface area (Å²) in [6.45, 7) is 1.95. The molecule has 1 N–H and O–H groups in total. The van der Waals surface area contributed by atoms with Crippen LogP contribution < -0.4 is 5.32 Å². The fourth-order valence-corrected chi connectivity index (χ4v) is 2.76. The minimum absolute atomic E-state index is 0.0549.